The molecule has 0 fully saturated rings. The number of hydrogen-bond donors (Lipinski definition) is 1. The summed E-state index contributed by atoms with van der Waals surface area (Å²) in [5, 5.41) is 3.30. The predicted molar refractivity (Wildman–Crippen MR) is 93.5 cm³/mol. The Balaban J connectivity index is 1.96. The van der Waals surface area contributed by atoms with E-state index in [1.165, 1.54) is 11.3 Å². The van der Waals surface area contributed by atoms with Gasteiger partial charge in [0.1, 0.15) is 5.60 Å². The van der Waals surface area contributed by atoms with Crippen LogP contribution in [0, 0.1) is 0 Å². The van der Waals surface area contributed by atoms with E-state index in [4.69, 9.17) is 16.3 Å². The normalized spacial score (nSPS) is 12.7. The average molecular weight is 372 g/mol. The molecule has 2 aromatic rings. The average Bonchev–Trinajstić information content (AvgIpc) is 2.92. The van der Waals surface area contributed by atoms with Crippen molar-refractivity contribution in [3.63, 3.8) is 0 Å². The van der Waals surface area contributed by atoms with E-state index in [0.29, 0.717) is 16.5 Å². The highest BCUT2D eigenvalue weighted by molar-refractivity contribution is 7.87. The fraction of sp³-hybridized carbons (Fsp3) is 0.312. The first-order valence-electron chi connectivity index (χ1n) is 6.97. The fourth-order valence-electron chi connectivity index (χ4n) is 1.70. The van der Waals surface area contributed by atoms with Crippen LogP contribution < -0.4 is 5.32 Å². The third-order valence-corrected chi connectivity index (χ3v) is 5.69. The molecule has 1 aromatic heterocycles. The molecule has 0 bridgehead atoms. The molecule has 23 heavy (non-hydrogen) atoms. The first-order valence-corrected chi connectivity index (χ1v) is 9.32. The zero-order chi connectivity index (χ0) is 17.0. The number of rotatable bonds is 4. The minimum absolute atomic E-state index is 0.345. The van der Waals surface area contributed by atoms with Crippen molar-refractivity contribution in [1.82, 2.24) is 5.32 Å². The van der Waals surface area contributed by atoms with Crippen LogP contribution in [0.25, 0.3) is 0 Å². The fourth-order valence-corrected chi connectivity index (χ4v) is 4.22. The molecule has 0 radical (unpaired) electrons. The highest BCUT2D eigenvalue weighted by atomic mass is 35.5. The molecule has 0 aliphatic heterocycles. The highest BCUT2D eigenvalue weighted by Crippen LogP contribution is 2.25. The van der Waals surface area contributed by atoms with Gasteiger partial charge in [0.15, 0.2) is 0 Å². The van der Waals surface area contributed by atoms with Crippen molar-refractivity contribution in [3.05, 3.63) is 46.3 Å². The number of carbonyl (C=O) groups excluding carboxylic acids is 1. The Labute approximate surface area is 147 Å². The van der Waals surface area contributed by atoms with Crippen molar-refractivity contribution in [2.45, 2.75) is 42.0 Å². The van der Waals surface area contributed by atoms with Crippen LogP contribution in [0.3, 0.4) is 0 Å². The molecule has 2 rings (SSSR count). The molecule has 1 amide bonds. The lowest BCUT2D eigenvalue weighted by Crippen LogP contribution is -2.31. The van der Waals surface area contributed by atoms with E-state index in [1.807, 2.05) is 32.9 Å². The minimum atomic E-state index is -1.25. The standard InChI is InChI=1S/C16H18ClNO3S2/c1-16(2,3)21-15(19)18-10-12-6-9-14(22-12)23(20)13-7-4-11(17)5-8-13/h4-9H,10H2,1-3H3,(H,18,19). The summed E-state index contributed by atoms with van der Waals surface area (Å²) in [6, 6.07) is 10.6. The van der Waals surface area contributed by atoms with E-state index in [0.717, 1.165) is 9.09 Å². The molecule has 7 heteroatoms. The van der Waals surface area contributed by atoms with Crippen molar-refractivity contribution in [3.8, 4) is 0 Å². The van der Waals surface area contributed by atoms with Gasteiger partial charge in [-0.3, -0.25) is 0 Å². The number of ether oxygens (including phenoxy) is 1. The van der Waals surface area contributed by atoms with Crippen molar-refractivity contribution in [1.29, 1.82) is 0 Å². The van der Waals surface area contributed by atoms with Crippen molar-refractivity contribution in [2.24, 2.45) is 0 Å². The maximum Gasteiger partial charge on any atom is 0.407 e. The molecular weight excluding hydrogens is 354 g/mol. The Bertz CT molecular complexity index is 705. The molecule has 1 aromatic carbocycles. The van der Waals surface area contributed by atoms with Crippen molar-refractivity contribution in [2.75, 3.05) is 0 Å². The Morgan fingerprint density at radius 2 is 1.87 bits per heavy atom. The molecule has 0 aliphatic carbocycles. The van der Waals surface area contributed by atoms with Crippen LogP contribution in [-0.4, -0.2) is 15.9 Å². The number of alkyl carbamates (subject to hydrolysis) is 1. The topological polar surface area (TPSA) is 55.4 Å². The molecule has 1 N–H and O–H groups in total. The molecule has 0 spiro atoms. The lowest BCUT2D eigenvalue weighted by molar-refractivity contribution is 0.0524. The van der Waals surface area contributed by atoms with Crippen LogP contribution in [0.5, 0.6) is 0 Å². The van der Waals surface area contributed by atoms with E-state index in [1.54, 1.807) is 24.3 Å². The van der Waals surface area contributed by atoms with Gasteiger partial charge in [-0.05, 0) is 57.2 Å². The van der Waals surface area contributed by atoms with Crippen LogP contribution in [0.4, 0.5) is 4.79 Å². The van der Waals surface area contributed by atoms with Crippen LogP contribution in [-0.2, 0) is 22.1 Å². The summed E-state index contributed by atoms with van der Waals surface area (Å²) in [7, 11) is -1.25. The molecule has 1 unspecified atom stereocenters. The van der Waals surface area contributed by atoms with Crippen LogP contribution in [0.1, 0.15) is 25.6 Å². The van der Waals surface area contributed by atoms with Gasteiger partial charge in [-0.15, -0.1) is 11.3 Å². The summed E-state index contributed by atoms with van der Waals surface area (Å²) in [5.74, 6) is 0. The van der Waals surface area contributed by atoms with Gasteiger partial charge < -0.3 is 10.1 Å². The third kappa shape index (κ3) is 5.64. The quantitative estimate of drug-likeness (QED) is 0.854. The van der Waals surface area contributed by atoms with E-state index in [9.17, 15) is 9.00 Å². The number of amides is 1. The third-order valence-electron chi connectivity index (χ3n) is 2.65. The summed E-state index contributed by atoms with van der Waals surface area (Å²) in [6.07, 6.45) is -0.466. The lowest BCUT2D eigenvalue weighted by Gasteiger charge is -2.19. The number of hydrogen-bond acceptors (Lipinski definition) is 4. The maximum atomic E-state index is 12.5. The molecule has 1 heterocycles. The zero-order valence-corrected chi connectivity index (χ0v) is 15.5. The van der Waals surface area contributed by atoms with E-state index in [2.05, 4.69) is 5.32 Å². The Morgan fingerprint density at radius 3 is 2.48 bits per heavy atom. The number of thiophene rings is 1. The van der Waals surface area contributed by atoms with Crippen molar-refractivity contribution < 1.29 is 13.7 Å². The number of halogens is 1. The second-order valence-electron chi connectivity index (χ2n) is 5.80. The number of benzene rings is 1. The summed E-state index contributed by atoms with van der Waals surface area (Å²) < 4.78 is 18.4. The largest absolute Gasteiger partial charge is 0.444 e. The molecule has 0 aliphatic rings. The minimum Gasteiger partial charge on any atom is -0.444 e. The monoisotopic (exact) mass is 371 g/mol. The van der Waals surface area contributed by atoms with E-state index in [-0.39, 0.29) is 0 Å². The molecule has 124 valence electrons. The lowest BCUT2D eigenvalue weighted by atomic mass is 10.2. The molecular formula is C16H18ClNO3S2. The summed E-state index contributed by atoms with van der Waals surface area (Å²) in [5.41, 5.74) is -0.527. The summed E-state index contributed by atoms with van der Waals surface area (Å²) in [6.45, 7) is 5.78. The molecule has 0 saturated heterocycles. The Morgan fingerprint density at radius 1 is 1.22 bits per heavy atom. The van der Waals surface area contributed by atoms with Crippen LogP contribution in [0.15, 0.2) is 45.5 Å². The Hall–Kier alpha value is -1.37. The molecule has 0 saturated carbocycles. The predicted octanol–water partition coefficient (Wildman–Crippen LogP) is 4.59. The second kappa shape index (κ2) is 7.47. The highest BCUT2D eigenvalue weighted by Gasteiger charge is 2.16. The Kier molecular flexibility index (Phi) is 5.84. The van der Waals surface area contributed by atoms with Gasteiger partial charge in [0, 0.05) is 14.8 Å². The van der Waals surface area contributed by atoms with Gasteiger partial charge in [-0.2, -0.15) is 0 Å². The first-order chi connectivity index (χ1) is 10.7. The smallest absolute Gasteiger partial charge is 0.407 e. The number of nitrogens with one attached hydrogen (secondary N) is 1. The van der Waals surface area contributed by atoms with Gasteiger partial charge in [-0.25, -0.2) is 9.00 Å². The van der Waals surface area contributed by atoms with Crippen LogP contribution in [0.2, 0.25) is 5.02 Å². The zero-order valence-electron chi connectivity index (χ0n) is 13.1. The second-order valence-corrected chi connectivity index (χ2v) is 9.11. The van der Waals surface area contributed by atoms with Crippen LogP contribution >= 0.6 is 22.9 Å². The van der Waals surface area contributed by atoms with E-state index >= 15 is 0 Å². The maximum absolute atomic E-state index is 12.5. The molecule has 4 nitrogen and oxygen atoms in total. The SMILES string of the molecule is CC(C)(C)OC(=O)NCc1ccc(S(=O)c2ccc(Cl)cc2)s1. The van der Waals surface area contributed by atoms with Gasteiger partial charge in [-0.1, -0.05) is 11.6 Å². The van der Waals surface area contributed by atoms with E-state index < -0.39 is 22.5 Å². The molecule has 1 atom stereocenters. The van der Waals surface area contributed by atoms with Gasteiger partial charge in [0.25, 0.3) is 0 Å². The van der Waals surface area contributed by atoms with Gasteiger partial charge in [0.05, 0.1) is 21.6 Å². The van der Waals surface area contributed by atoms with Crippen molar-refractivity contribution >= 4 is 39.8 Å². The van der Waals surface area contributed by atoms with Gasteiger partial charge in [0.2, 0.25) is 0 Å². The summed E-state index contributed by atoms with van der Waals surface area (Å²) in [4.78, 5) is 13.2. The number of carbonyl (C=O) groups is 1. The summed E-state index contributed by atoms with van der Waals surface area (Å²) >= 11 is 7.23. The first kappa shape index (κ1) is 18.0. The van der Waals surface area contributed by atoms with Gasteiger partial charge >= 0.3 is 6.09 Å².